The van der Waals surface area contributed by atoms with Gasteiger partial charge in [-0.3, -0.25) is 0 Å². The van der Waals surface area contributed by atoms with Crippen LogP contribution in [0.3, 0.4) is 0 Å². The lowest BCUT2D eigenvalue weighted by atomic mass is 10.3. The molecule has 0 aliphatic heterocycles. The van der Waals surface area contributed by atoms with Crippen molar-refractivity contribution in [2.75, 3.05) is 0 Å². The van der Waals surface area contributed by atoms with E-state index in [1.54, 1.807) is 36.4 Å². The molecule has 2 aromatic rings. The van der Waals surface area contributed by atoms with Gasteiger partial charge in [-0.1, -0.05) is 35.9 Å². The monoisotopic (exact) mass is 325 g/mol. The van der Waals surface area contributed by atoms with Gasteiger partial charge in [0.15, 0.2) is 0 Å². The molecule has 0 fully saturated rings. The van der Waals surface area contributed by atoms with E-state index in [-0.39, 0.29) is 11.4 Å². The molecule has 0 bridgehead atoms. The number of rotatable bonds is 4. The Bertz CT molecular complexity index is 735. The van der Waals surface area contributed by atoms with Crippen LogP contribution in [0.5, 0.6) is 0 Å². The fourth-order valence-corrected chi connectivity index (χ4v) is 2.67. The predicted octanol–water partition coefficient (Wildman–Crippen LogP) is 1.92. The molecule has 110 valence electrons. The summed E-state index contributed by atoms with van der Waals surface area (Å²) in [7, 11) is -3.88. The Morgan fingerprint density at radius 1 is 1.10 bits per heavy atom. The van der Waals surface area contributed by atoms with Crippen molar-refractivity contribution < 1.29 is 13.2 Å². The van der Waals surface area contributed by atoms with Crippen LogP contribution in [-0.4, -0.2) is 19.4 Å². The average molecular weight is 326 g/mol. The highest BCUT2D eigenvalue weighted by Crippen LogP contribution is 2.07. The van der Waals surface area contributed by atoms with Crippen molar-refractivity contribution in [3.8, 4) is 0 Å². The van der Waals surface area contributed by atoms with E-state index in [4.69, 9.17) is 11.6 Å². The molecule has 6 nitrogen and oxygen atoms in total. The molecule has 0 aliphatic rings. The Balaban J connectivity index is 1.96. The Morgan fingerprint density at radius 3 is 2.48 bits per heavy atom. The molecule has 21 heavy (non-hydrogen) atoms. The molecule has 2 amide bonds. The lowest BCUT2D eigenvalue weighted by molar-refractivity contribution is 0.245. The number of halogens is 1. The summed E-state index contributed by atoms with van der Waals surface area (Å²) in [5, 5.41) is 2.70. The van der Waals surface area contributed by atoms with Crippen molar-refractivity contribution in [2.45, 2.75) is 11.4 Å². The van der Waals surface area contributed by atoms with Gasteiger partial charge in [0.25, 0.3) is 10.0 Å². The predicted molar refractivity (Wildman–Crippen MR) is 78.2 cm³/mol. The normalized spacial score (nSPS) is 10.9. The zero-order valence-electron chi connectivity index (χ0n) is 10.8. The maximum absolute atomic E-state index is 11.9. The minimum atomic E-state index is -3.88. The second-order valence-corrected chi connectivity index (χ2v) is 6.12. The number of urea groups is 1. The zero-order chi connectivity index (χ0) is 15.3. The van der Waals surface area contributed by atoms with Crippen molar-refractivity contribution in [1.29, 1.82) is 0 Å². The van der Waals surface area contributed by atoms with E-state index in [0.717, 1.165) is 0 Å². The molecular weight excluding hydrogens is 314 g/mol. The van der Waals surface area contributed by atoms with Gasteiger partial charge < -0.3 is 5.32 Å². The fraction of sp³-hybridized carbons (Fsp3) is 0.0769. The number of benzene rings is 1. The summed E-state index contributed by atoms with van der Waals surface area (Å²) in [6, 6.07) is 11.7. The minimum Gasteiger partial charge on any atom is -0.332 e. The van der Waals surface area contributed by atoms with Gasteiger partial charge in [-0.2, -0.15) is 0 Å². The lowest BCUT2D eigenvalue weighted by Crippen LogP contribution is -2.39. The van der Waals surface area contributed by atoms with Crippen LogP contribution in [-0.2, 0) is 16.6 Å². The van der Waals surface area contributed by atoms with Gasteiger partial charge in [-0.15, -0.1) is 0 Å². The molecule has 1 aromatic heterocycles. The van der Waals surface area contributed by atoms with Crippen molar-refractivity contribution in [3.05, 3.63) is 59.4 Å². The molecule has 1 aromatic carbocycles. The smallest absolute Gasteiger partial charge is 0.329 e. The summed E-state index contributed by atoms with van der Waals surface area (Å²) < 4.78 is 25.7. The number of hydrogen-bond donors (Lipinski definition) is 2. The number of nitrogens with zero attached hydrogens (tertiary/aromatic N) is 1. The molecule has 0 saturated carbocycles. The minimum absolute atomic E-state index is 0.0148. The lowest BCUT2D eigenvalue weighted by Gasteiger charge is -2.08. The van der Waals surface area contributed by atoms with Crippen LogP contribution in [0.4, 0.5) is 4.79 Å². The molecular formula is C13H12ClN3O3S. The summed E-state index contributed by atoms with van der Waals surface area (Å²) in [4.78, 5) is 15.6. The first-order chi connectivity index (χ1) is 9.97. The number of aromatic nitrogens is 1. The van der Waals surface area contributed by atoms with E-state index in [1.807, 2.05) is 4.72 Å². The number of pyridine rings is 1. The molecule has 0 radical (unpaired) electrons. The van der Waals surface area contributed by atoms with Crippen molar-refractivity contribution in [3.63, 3.8) is 0 Å². The highest BCUT2D eigenvalue weighted by atomic mass is 35.5. The first kappa shape index (κ1) is 15.3. The van der Waals surface area contributed by atoms with Crippen molar-refractivity contribution in [1.82, 2.24) is 15.0 Å². The largest absolute Gasteiger partial charge is 0.332 e. The Morgan fingerprint density at radius 2 is 1.81 bits per heavy atom. The van der Waals surface area contributed by atoms with E-state index in [1.165, 1.54) is 12.1 Å². The maximum Gasteiger partial charge on any atom is 0.329 e. The molecule has 0 saturated heterocycles. The maximum atomic E-state index is 11.9. The van der Waals surface area contributed by atoms with E-state index >= 15 is 0 Å². The second kappa shape index (κ2) is 6.55. The highest BCUT2D eigenvalue weighted by molar-refractivity contribution is 7.90. The third-order valence-electron chi connectivity index (χ3n) is 2.48. The molecule has 2 rings (SSSR count). The summed E-state index contributed by atoms with van der Waals surface area (Å²) in [5.41, 5.74) is 0.523. The first-order valence-corrected chi connectivity index (χ1v) is 7.80. The zero-order valence-corrected chi connectivity index (χ0v) is 12.4. The molecule has 0 aliphatic carbocycles. The van der Waals surface area contributed by atoms with Gasteiger partial charge in [0.05, 0.1) is 17.1 Å². The number of carbonyl (C=O) groups excluding carboxylic acids is 1. The van der Waals surface area contributed by atoms with Crippen molar-refractivity contribution in [2.24, 2.45) is 0 Å². The molecule has 0 atom stereocenters. The van der Waals surface area contributed by atoms with Gasteiger partial charge in [0.1, 0.15) is 5.15 Å². The van der Waals surface area contributed by atoms with Gasteiger partial charge in [-0.25, -0.2) is 22.9 Å². The number of nitrogens with one attached hydrogen (secondary N) is 2. The summed E-state index contributed by atoms with van der Waals surface area (Å²) in [5.74, 6) is 0. The van der Waals surface area contributed by atoms with E-state index in [2.05, 4.69) is 10.3 Å². The topological polar surface area (TPSA) is 88.2 Å². The van der Waals surface area contributed by atoms with Gasteiger partial charge >= 0.3 is 6.03 Å². The van der Waals surface area contributed by atoms with Crippen LogP contribution in [0.25, 0.3) is 0 Å². The standard InChI is InChI=1S/C13H12ClN3O3S/c14-12-8-4-5-10(16-12)9-15-13(18)17-21(19,20)11-6-2-1-3-7-11/h1-8H,9H2,(H2,15,17,18). The van der Waals surface area contributed by atoms with Crippen LogP contribution in [0.15, 0.2) is 53.4 Å². The third-order valence-corrected chi connectivity index (χ3v) is 4.04. The molecule has 0 spiro atoms. The van der Waals surface area contributed by atoms with Crippen molar-refractivity contribution >= 4 is 27.7 Å². The van der Waals surface area contributed by atoms with E-state index < -0.39 is 16.1 Å². The van der Waals surface area contributed by atoms with Gasteiger partial charge in [0, 0.05) is 0 Å². The van der Waals surface area contributed by atoms with Gasteiger partial charge in [0.2, 0.25) is 0 Å². The quantitative estimate of drug-likeness (QED) is 0.841. The van der Waals surface area contributed by atoms with Crippen LogP contribution >= 0.6 is 11.6 Å². The van der Waals surface area contributed by atoms with Crippen LogP contribution < -0.4 is 10.0 Å². The highest BCUT2D eigenvalue weighted by Gasteiger charge is 2.16. The Kier molecular flexibility index (Phi) is 4.77. The average Bonchev–Trinajstić information content (AvgIpc) is 2.46. The van der Waals surface area contributed by atoms with Gasteiger partial charge in [-0.05, 0) is 24.3 Å². The summed E-state index contributed by atoms with van der Waals surface area (Å²) >= 11 is 5.71. The van der Waals surface area contributed by atoms with Crippen LogP contribution in [0.2, 0.25) is 5.15 Å². The molecule has 0 unspecified atom stereocenters. The summed E-state index contributed by atoms with van der Waals surface area (Å²) in [6.45, 7) is 0.0662. The second-order valence-electron chi connectivity index (χ2n) is 4.05. The number of sulfonamides is 1. The molecule has 1 heterocycles. The Hall–Kier alpha value is -2.12. The summed E-state index contributed by atoms with van der Waals surface area (Å²) in [6.07, 6.45) is 0. The fourth-order valence-electron chi connectivity index (χ4n) is 1.54. The third kappa shape index (κ3) is 4.44. The first-order valence-electron chi connectivity index (χ1n) is 5.94. The molecule has 2 N–H and O–H groups in total. The SMILES string of the molecule is O=C(NCc1cccc(Cl)n1)NS(=O)(=O)c1ccccc1. The number of carbonyl (C=O) groups is 1. The molecule has 8 heteroatoms. The number of amides is 2. The number of hydrogen-bond acceptors (Lipinski definition) is 4. The van der Waals surface area contributed by atoms with E-state index in [9.17, 15) is 13.2 Å². The van der Waals surface area contributed by atoms with Crippen LogP contribution in [0, 0.1) is 0 Å². The van der Waals surface area contributed by atoms with Crippen LogP contribution in [0.1, 0.15) is 5.69 Å². The van der Waals surface area contributed by atoms with E-state index in [0.29, 0.717) is 10.8 Å². The Labute approximate surface area is 127 Å².